The van der Waals surface area contributed by atoms with Crippen LogP contribution in [0.1, 0.15) is 33.6 Å². The van der Waals surface area contributed by atoms with Gasteiger partial charge in [-0.1, -0.05) is 0 Å². The van der Waals surface area contributed by atoms with Crippen molar-refractivity contribution in [2.45, 2.75) is 45.3 Å². The maximum Gasteiger partial charge on any atom is 0.410 e. The number of amides is 2. The highest BCUT2D eigenvalue weighted by atomic mass is 16.6. The molecule has 96 valence electrons. The predicted octanol–water partition coefficient (Wildman–Crippen LogP) is 1.13. The lowest BCUT2D eigenvalue weighted by molar-refractivity contribution is -0.126. The second kappa shape index (κ2) is 4.20. The molecule has 0 spiro atoms. The van der Waals surface area contributed by atoms with Crippen molar-refractivity contribution >= 4 is 12.0 Å². The molecule has 0 saturated carbocycles. The number of piperidine rings is 1. The molecular weight excluding hydrogens is 220 g/mol. The van der Waals surface area contributed by atoms with E-state index in [2.05, 4.69) is 5.32 Å². The third kappa shape index (κ3) is 2.90. The van der Waals surface area contributed by atoms with Gasteiger partial charge in [0.2, 0.25) is 5.91 Å². The second-order valence-electron chi connectivity index (χ2n) is 5.87. The molecule has 0 aromatic heterocycles. The van der Waals surface area contributed by atoms with Crippen molar-refractivity contribution in [3.05, 3.63) is 0 Å². The van der Waals surface area contributed by atoms with Crippen LogP contribution in [-0.2, 0) is 9.53 Å². The third-order valence-electron chi connectivity index (χ3n) is 3.11. The highest BCUT2D eigenvalue weighted by Crippen LogP contribution is 2.23. The van der Waals surface area contributed by atoms with Crippen LogP contribution in [0.5, 0.6) is 0 Å². The molecule has 3 fully saturated rings. The van der Waals surface area contributed by atoms with Crippen molar-refractivity contribution in [2.24, 2.45) is 5.92 Å². The number of hydrogen-bond donors (Lipinski definition) is 1. The zero-order valence-electron chi connectivity index (χ0n) is 10.7. The molecule has 2 atom stereocenters. The van der Waals surface area contributed by atoms with Crippen molar-refractivity contribution in [1.29, 1.82) is 0 Å². The number of fused-ring (bicyclic) bond motifs is 4. The third-order valence-corrected chi connectivity index (χ3v) is 3.11. The molecule has 5 nitrogen and oxygen atoms in total. The highest BCUT2D eigenvalue weighted by molar-refractivity contribution is 5.81. The fourth-order valence-corrected chi connectivity index (χ4v) is 2.32. The Morgan fingerprint density at radius 3 is 2.65 bits per heavy atom. The van der Waals surface area contributed by atoms with E-state index in [1.165, 1.54) is 0 Å². The van der Waals surface area contributed by atoms with E-state index in [1.54, 1.807) is 4.90 Å². The van der Waals surface area contributed by atoms with Crippen molar-refractivity contribution < 1.29 is 14.3 Å². The Hall–Kier alpha value is -1.26. The lowest BCUT2D eigenvalue weighted by Gasteiger charge is -2.27. The summed E-state index contributed by atoms with van der Waals surface area (Å²) in [5.41, 5.74) is -0.486. The van der Waals surface area contributed by atoms with E-state index in [1.807, 2.05) is 20.8 Å². The van der Waals surface area contributed by atoms with Crippen LogP contribution in [0.25, 0.3) is 0 Å². The first-order valence-corrected chi connectivity index (χ1v) is 6.13. The average Bonchev–Trinajstić information content (AvgIpc) is 2.45. The number of rotatable bonds is 0. The molecule has 1 N–H and O–H groups in total. The lowest BCUT2D eigenvalue weighted by Crippen LogP contribution is -2.44. The molecule has 0 aromatic rings. The Morgan fingerprint density at radius 1 is 1.35 bits per heavy atom. The number of ether oxygens (including phenoxy) is 1. The Morgan fingerprint density at radius 2 is 2.06 bits per heavy atom. The van der Waals surface area contributed by atoms with Crippen LogP contribution in [0.4, 0.5) is 4.79 Å². The molecule has 0 aliphatic carbocycles. The Labute approximate surface area is 101 Å². The van der Waals surface area contributed by atoms with Crippen molar-refractivity contribution in [3.63, 3.8) is 0 Å². The summed E-state index contributed by atoms with van der Waals surface area (Å²) in [5, 5.41) is 2.94. The lowest BCUT2D eigenvalue weighted by atomic mass is 9.96. The van der Waals surface area contributed by atoms with Crippen LogP contribution in [0.15, 0.2) is 0 Å². The topological polar surface area (TPSA) is 58.6 Å². The SMILES string of the molecule is CC(C)(C)OC(=O)N1CC2CCC(C1)C(=O)N2. The Kier molecular flexibility index (Phi) is 3.02. The molecule has 3 aliphatic rings. The number of nitrogens with one attached hydrogen (secondary N) is 1. The van der Waals surface area contributed by atoms with E-state index in [9.17, 15) is 9.59 Å². The first-order chi connectivity index (χ1) is 7.85. The van der Waals surface area contributed by atoms with Gasteiger partial charge in [0.1, 0.15) is 5.60 Å². The molecular formula is C12H20N2O3. The first-order valence-electron chi connectivity index (χ1n) is 6.13. The summed E-state index contributed by atoms with van der Waals surface area (Å²) in [6.07, 6.45) is 1.51. The minimum atomic E-state index is -0.486. The quantitative estimate of drug-likeness (QED) is 0.690. The molecule has 2 unspecified atom stereocenters. The van der Waals surface area contributed by atoms with Crippen LogP contribution in [0, 0.1) is 5.92 Å². The molecule has 3 saturated heterocycles. The van der Waals surface area contributed by atoms with E-state index in [0.29, 0.717) is 13.1 Å². The Bertz CT molecular complexity index is 335. The van der Waals surface area contributed by atoms with Gasteiger partial charge in [0.25, 0.3) is 0 Å². The van der Waals surface area contributed by atoms with Crippen molar-refractivity contribution in [1.82, 2.24) is 10.2 Å². The van der Waals surface area contributed by atoms with Gasteiger partial charge in [0.15, 0.2) is 0 Å². The van der Waals surface area contributed by atoms with Gasteiger partial charge in [0.05, 0.1) is 5.92 Å². The molecule has 3 rings (SSSR count). The summed E-state index contributed by atoms with van der Waals surface area (Å²) >= 11 is 0. The predicted molar refractivity (Wildman–Crippen MR) is 62.5 cm³/mol. The first kappa shape index (κ1) is 12.2. The zero-order valence-corrected chi connectivity index (χ0v) is 10.7. The molecule has 0 aromatic carbocycles. The monoisotopic (exact) mass is 240 g/mol. The maximum atomic E-state index is 12.0. The summed E-state index contributed by atoms with van der Waals surface area (Å²) in [6, 6.07) is 0.0915. The van der Waals surface area contributed by atoms with Gasteiger partial charge in [-0.15, -0.1) is 0 Å². The van der Waals surface area contributed by atoms with Gasteiger partial charge < -0.3 is 15.0 Å². The van der Waals surface area contributed by atoms with Gasteiger partial charge in [-0.2, -0.15) is 0 Å². The minimum Gasteiger partial charge on any atom is -0.444 e. The van der Waals surface area contributed by atoms with Crippen LogP contribution in [-0.4, -0.2) is 41.6 Å². The molecule has 5 heteroatoms. The van der Waals surface area contributed by atoms with Gasteiger partial charge in [-0.25, -0.2) is 4.79 Å². The zero-order chi connectivity index (χ0) is 12.6. The standard InChI is InChI=1S/C12H20N2O3/c1-12(2,3)17-11(16)14-6-8-4-5-9(7-14)13-10(8)15/h8-9H,4-7H2,1-3H3,(H,13,15). The van der Waals surface area contributed by atoms with Crippen LogP contribution >= 0.6 is 0 Å². The summed E-state index contributed by atoms with van der Waals surface area (Å²) in [7, 11) is 0. The van der Waals surface area contributed by atoms with Gasteiger partial charge in [-0.3, -0.25) is 4.79 Å². The fourth-order valence-electron chi connectivity index (χ4n) is 2.32. The van der Waals surface area contributed by atoms with E-state index in [-0.39, 0.29) is 24.0 Å². The largest absolute Gasteiger partial charge is 0.444 e. The molecule has 0 radical (unpaired) electrons. The van der Waals surface area contributed by atoms with E-state index >= 15 is 0 Å². The Balaban J connectivity index is 2.03. The molecule has 2 amide bonds. The molecule has 2 bridgehead atoms. The van der Waals surface area contributed by atoms with E-state index in [0.717, 1.165) is 12.8 Å². The molecule has 3 heterocycles. The number of nitrogens with zero attached hydrogens (tertiary/aromatic N) is 1. The van der Waals surface area contributed by atoms with E-state index < -0.39 is 5.60 Å². The average molecular weight is 240 g/mol. The van der Waals surface area contributed by atoms with Crippen LogP contribution in [0.2, 0.25) is 0 Å². The van der Waals surface area contributed by atoms with Crippen LogP contribution in [0.3, 0.4) is 0 Å². The number of hydrogen-bond acceptors (Lipinski definition) is 3. The molecule has 3 aliphatic heterocycles. The smallest absolute Gasteiger partial charge is 0.410 e. The minimum absolute atomic E-state index is 0.0683. The fraction of sp³-hybridized carbons (Fsp3) is 0.833. The van der Waals surface area contributed by atoms with Crippen LogP contribution < -0.4 is 5.32 Å². The molecule has 17 heavy (non-hydrogen) atoms. The van der Waals surface area contributed by atoms with Crippen molar-refractivity contribution in [3.8, 4) is 0 Å². The highest BCUT2D eigenvalue weighted by Gasteiger charge is 2.37. The summed E-state index contributed by atoms with van der Waals surface area (Å²) in [5.74, 6) is 0.00794. The summed E-state index contributed by atoms with van der Waals surface area (Å²) in [4.78, 5) is 25.3. The summed E-state index contributed by atoms with van der Waals surface area (Å²) in [6.45, 7) is 6.59. The summed E-state index contributed by atoms with van der Waals surface area (Å²) < 4.78 is 5.34. The second-order valence-corrected chi connectivity index (χ2v) is 5.87. The van der Waals surface area contributed by atoms with E-state index in [4.69, 9.17) is 4.74 Å². The van der Waals surface area contributed by atoms with Gasteiger partial charge >= 0.3 is 6.09 Å². The van der Waals surface area contributed by atoms with Crippen molar-refractivity contribution in [2.75, 3.05) is 13.1 Å². The van der Waals surface area contributed by atoms with Gasteiger partial charge in [-0.05, 0) is 33.6 Å². The number of carbonyl (C=O) groups excluding carboxylic acids is 2. The van der Waals surface area contributed by atoms with Gasteiger partial charge in [0, 0.05) is 19.1 Å². The maximum absolute atomic E-state index is 12.0. The normalized spacial score (nSPS) is 28.6. The number of carbonyl (C=O) groups is 2.